The van der Waals surface area contributed by atoms with Gasteiger partial charge in [-0.05, 0) is 57.0 Å². The second-order valence-corrected chi connectivity index (χ2v) is 10.1. The smallest absolute Gasteiger partial charge is 0.227 e. The van der Waals surface area contributed by atoms with Crippen LogP contribution >= 0.6 is 0 Å². The van der Waals surface area contributed by atoms with Crippen molar-refractivity contribution >= 4 is 13.9 Å². The van der Waals surface area contributed by atoms with Gasteiger partial charge in [0.2, 0.25) is 5.78 Å². The first-order valence-corrected chi connectivity index (χ1v) is 10.6. The number of allylic oxidation sites excluding steroid dienone is 1. The fraction of sp³-hybridized carbons (Fsp3) is 0.706. The van der Waals surface area contributed by atoms with Gasteiger partial charge in [0.1, 0.15) is 8.07 Å². The van der Waals surface area contributed by atoms with Crippen molar-refractivity contribution in [3.05, 3.63) is 12.2 Å². The van der Waals surface area contributed by atoms with Crippen LogP contribution in [0.1, 0.15) is 41.5 Å². The van der Waals surface area contributed by atoms with Crippen molar-refractivity contribution in [3.63, 3.8) is 0 Å². The molecule has 0 saturated heterocycles. The van der Waals surface area contributed by atoms with Gasteiger partial charge < -0.3 is 9.47 Å². The predicted octanol–water partition coefficient (Wildman–Crippen LogP) is 3.95. The third-order valence-electron chi connectivity index (χ3n) is 3.88. The zero-order chi connectivity index (χ0) is 16.4. The molecule has 120 valence electrons. The molecule has 0 atom stereocenters. The Morgan fingerprint density at radius 2 is 1.52 bits per heavy atom. The standard InChI is InChI=1S/C17H30O3Si/c1-7-19-17(6,20-8-2)14-12-16(18)13-15-21(9-3,10-4)11-5/h12,14H,7-11H2,1-6H3. The van der Waals surface area contributed by atoms with Crippen molar-refractivity contribution < 1.29 is 14.3 Å². The van der Waals surface area contributed by atoms with Gasteiger partial charge >= 0.3 is 0 Å². The van der Waals surface area contributed by atoms with Gasteiger partial charge in [0.15, 0.2) is 5.79 Å². The molecule has 21 heavy (non-hydrogen) atoms. The summed E-state index contributed by atoms with van der Waals surface area (Å²) in [5.74, 6) is 1.78. The third-order valence-corrected chi connectivity index (χ3v) is 8.60. The average Bonchev–Trinajstić information content (AvgIpc) is 2.48. The fourth-order valence-corrected chi connectivity index (χ4v) is 4.61. The maximum Gasteiger partial charge on any atom is 0.227 e. The third kappa shape index (κ3) is 7.08. The van der Waals surface area contributed by atoms with Gasteiger partial charge in [0.05, 0.1) is 0 Å². The van der Waals surface area contributed by atoms with E-state index in [9.17, 15) is 4.79 Å². The molecule has 0 unspecified atom stereocenters. The Balaban J connectivity index is 4.94. The maximum atomic E-state index is 11.9. The van der Waals surface area contributed by atoms with Crippen LogP contribution in [0, 0.1) is 11.5 Å². The van der Waals surface area contributed by atoms with E-state index in [1.165, 1.54) is 6.08 Å². The summed E-state index contributed by atoms with van der Waals surface area (Å²) in [4.78, 5) is 11.9. The Hall–Kier alpha value is -0.893. The lowest BCUT2D eigenvalue weighted by Gasteiger charge is -2.25. The predicted molar refractivity (Wildman–Crippen MR) is 90.8 cm³/mol. The van der Waals surface area contributed by atoms with Crippen LogP contribution in [0.25, 0.3) is 0 Å². The molecule has 0 aromatic carbocycles. The average molecular weight is 311 g/mol. The summed E-state index contributed by atoms with van der Waals surface area (Å²) in [7, 11) is -1.56. The highest BCUT2D eigenvalue weighted by Crippen LogP contribution is 2.18. The Morgan fingerprint density at radius 1 is 1.05 bits per heavy atom. The number of ketones is 1. The van der Waals surface area contributed by atoms with Crippen LogP contribution in [0.3, 0.4) is 0 Å². The minimum Gasteiger partial charge on any atom is -0.347 e. The second-order valence-electron chi connectivity index (χ2n) is 5.17. The van der Waals surface area contributed by atoms with Crippen LogP contribution in [0.4, 0.5) is 0 Å². The summed E-state index contributed by atoms with van der Waals surface area (Å²) in [5.41, 5.74) is 3.29. The summed E-state index contributed by atoms with van der Waals surface area (Å²) in [6.07, 6.45) is 3.13. The molecule has 0 heterocycles. The first kappa shape index (κ1) is 20.1. The monoisotopic (exact) mass is 310 g/mol. The van der Waals surface area contributed by atoms with Crippen LogP contribution in [0.2, 0.25) is 18.1 Å². The van der Waals surface area contributed by atoms with Gasteiger partial charge in [-0.3, -0.25) is 4.79 Å². The minimum atomic E-state index is -1.56. The molecule has 0 rings (SSSR count). The molecule has 0 aliphatic rings. The molecule has 3 nitrogen and oxygen atoms in total. The van der Waals surface area contributed by atoms with Crippen molar-refractivity contribution in [2.24, 2.45) is 0 Å². The molecule has 0 bridgehead atoms. The van der Waals surface area contributed by atoms with E-state index in [-0.39, 0.29) is 5.78 Å². The molecule has 0 saturated carbocycles. The molecular weight excluding hydrogens is 280 g/mol. The topological polar surface area (TPSA) is 35.5 Å². The number of ether oxygens (including phenoxy) is 2. The highest BCUT2D eigenvalue weighted by Gasteiger charge is 2.24. The summed E-state index contributed by atoms with van der Waals surface area (Å²) in [6.45, 7) is 13.2. The van der Waals surface area contributed by atoms with E-state index in [0.717, 1.165) is 18.1 Å². The van der Waals surface area contributed by atoms with Crippen LogP contribution in [-0.2, 0) is 14.3 Å². The molecule has 0 aliphatic carbocycles. The molecule has 0 N–H and O–H groups in total. The number of hydrogen-bond donors (Lipinski definition) is 0. The lowest BCUT2D eigenvalue weighted by molar-refractivity contribution is -0.186. The van der Waals surface area contributed by atoms with Crippen molar-refractivity contribution in [1.29, 1.82) is 0 Å². The van der Waals surface area contributed by atoms with Crippen LogP contribution < -0.4 is 0 Å². The second kappa shape index (κ2) is 9.94. The van der Waals surface area contributed by atoms with E-state index in [1.807, 2.05) is 13.8 Å². The molecule has 0 aliphatic heterocycles. The maximum absolute atomic E-state index is 11.9. The van der Waals surface area contributed by atoms with E-state index in [0.29, 0.717) is 13.2 Å². The molecule has 0 aromatic rings. The fourth-order valence-electron chi connectivity index (χ4n) is 2.19. The van der Waals surface area contributed by atoms with Crippen LogP contribution in [-0.4, -0.2) is 32.9 Å². The first-order chi connectivity index (χ1) is 9.90. The van der Waals surface area contributed by atoms with Gasteiger partial charge in [-0.1, -0.05) is 20.8 Å². The van der Waals surface area contributed by atoms with E-state index in [1.54, 1.807) is 13.0 Å². The molecule has 0 amide bonds. The minimum absolute atomic E-state index is 0.173. The van der Waals surface area contributed by atoms with Gasteiger partial charge in [0.25, 0.3) is 0 Å². The lowest BCUT2D eigenvalue weighted by Crippen LogP contribution is -2.30. The lowest BCUT2D eigenvalue weighted by atomic mass is 10.2. The Bertz CT molecular complexity index is 386. The van der Waals surface area contributed by atoms with Gasteiger partial charge in [-0.2, -0.15) is 0 Å². The highest BCUT2D eigenvalue weighted by atomic mass is 28.3. The normalized spacial score (nSPS) is 12.3. The zero-order valence-electron chi connectivity index (χ0n) is 14.4. The van der Waals surface area contributed by atoms with E-state index in [2.05, 4.69) is 32.2 Å². The Kier molecular flexibility index (Phi) is 9.52. The number of carbonyl (C=O) groups is 1. The molecule has 0 fully saturated rings. The molecule has 0 spiro atoms. The highest BCUT2D eigenvalue weighted by molar-refractivity contribution is 6.87. The molecule has 4 heteroatoms. The van der Waals surface area contributed by atoms with Gasteiger partial charge in [-0.15, -0.1) is 5.54 Å². The van der Waals surface area contributed by atoms with Crippen molar-refractivity contribution in [2.75, 3.05) is 13.2 Å². The van der Waals surface area contributed by atoms with E-state index >= 15 is 0 Å². The first-order valence-electron chi connectivity index (χ1n) is 7.95. The summed E-state index contributed by atoms with van der Waals surface area (Å²) < 4.78 is 11.1. The number of carbonyl (C=O) groups excluding carboxylic acids is 1. The van der Waals surface area contributed by atoms with Crippen LogP contribution in [0.5, 0.6) is 0 Å². The van der Waals surface area contributed by atoms with Crippen molar-refractivity contribution in [1.82, 2.24) is 0 Å². The Labute approximate surface area is 131 Å². The van der Waals surface area contributed by atoms with Crippen LogP contribution in [0.15, 0.2) is 12.2 Å². The summed E-state index contributed by atoms with van der Waals surface area (Å²) in [5, 5.41) is 0. The Morgan fingerprint density at radius 3 is 1.90 bits per heavy atom. The molecular formula is C17H30O3Si. The summed E-state index contributed by atoms with van der Waals surface area (Å²) >= 11 is 0. The number of rotatable bonds is 9. The number of hydrogen-bond acceptors (Lipinski definition) is 3. The van der Waals surface area contributed by atoms with Crippen molar-refractivity contribution in [2.45, 2.75) is 65.5 Å². The van der Waals surface area contributed by atoms with E-state index in [4.69, 9.17) is 9.47 Å². The largest absolute Gasteiger partial charge is 0.347 e. The SMILES string of the molecule is CCOC(C)(C=CC(=O)C#C[Si](CC)(CC)CC)OCC. The molecule has 0 radical (unpaired) electrons. The van der Waals surface area contributed by atoms with Gasteiger partial charge in [0, 0.05) is 13.2 Å². The zero-order valence-corrected chi connectivity index (χ0v) is 15.4. The quantitative estimate of drug-likeness (QED) is 0.280. The van der Waals surface area contributed by atoms with E-state index < -0.39 is 13.9 Å². The molecule has 0 aromatic heterocycles. The van der Waals surface area contributed by atoms with Crippen molar-refractivity contribution in [3.8, 4) is 11.5 Å². The summed E-state index contributed by atoms with van der Waals surface area (Å²) in [6, 6.07) is 3.29. The van der Waals surface area contributed by atoms with Gasteiger partial charge in [-0.25, -0.2) is 0 Å².